The smallest absolute Gasteiger partial charge is 0.0623 e. The van der Waals surface area contributed by atoms with Gasteiger partial charge in [0.1, 0.15) is 0 Å². The minimum absolute atomic E-state index is 0.344. The maximum Gasteiger partial charge on any atom is 0.0623 e. The summed E-state index contributed by atoms with van der Waals surface area (Å²) >= 11 is 0. The van der Waals surface area contributed by atoms with Gasteiger partial charge in [0.15, 0.2) is 0 Å². The molecule has 1 saturated heterocycles. The summed E-state index contributed by atoms with van der Waals surface area (Å²) in [7, 11) is 0. The molecule has 0 saturated carbocycles. The van der Waals surface area contributed by atoms with Crippen LogP contribution in [-0.2, 0) is 0 Å². The van der Waals surface area contributed by atoms with E-state index in [1.54, 1.807) is 5.57 Å². The lowest BCUT2D eigenvalue weighted by molar-refractivity contribution is 0.358. The zero-order chi connectivity index (χ0) is 29.0. The Balaban J connectivity index is 1.05. The van der Waals surface area contributed by atoms with Gasteiger partial charge in [-0.25, -0.2) is 0 Å². The molecule has 218 valence electrons. The summed E-state index contributed by atoms with van der Waals surface area (Å²) in [6.45, 7) is 0. The zero-order valence-electron chi connectivity index (χ0n) is 25.3. The lowest BCUT2D eigenvalue weighted by Crippen LogP contribution is -2.37. The van der Waals surface area contributed by atoms with Crippen molar-refractivity contribution in [1.82, 2.24) is 4.90 Å². The van der Waals surface area contributed by atoms with Crippen LogP contribution >= 0.6 is 0 Å². The monoisotopic (exact) mass is 572 g/mol. The fourth-order valence-electron chi connectivity index (χ4n) is 8.99. The average Bonchev–Trinajstić information content (AvgIpc) is 3.61. The van der Waals surface area contributed by atoms with E-state index < -0.39 is 0 Å². The van der Waals surface area contributed by atoms with E-state index >= 15 is 0 Å². The number of nitrogens with zero attached hydrogens (tertiary/aromatic N) is 2. The molecule has 1 fully saturated rings. The minimum Gasteiger partial charge on any atom is -0.357 e. The largest absolute Gasteiger partial charge is 0.357 e. The summed E-state index contributed by atoms with van der Waals surface area (Å²) in [5, 5.41) is 0. The van der Waals surface area contributed by atoms with Crippen LogP contribution in [-0.4, -0.2) is 23.0 Å². The molecule has 7 unspecified atom stereocenters. The van der Waals surface area contributed by atoms with E-state index in [9.17, 15) is 0 Å². The number of allylic oxidation sites excluding steroid dienone is 16. The van der Waals surface area contributed by atoms with Crippen molar-refractivity contribution in [1.29, 1.82) is 0 Å². The van der Waals surface area contributed by atoms with E-state index in [0.29, 0.717) is 41.8 Å². The van der Waals surface area contributed by atoms with Crippen LogP contribution in [0.3, 0.4) is 0 Å². The second-order valence-corrected chi connectivity index (χ2v) is 13.4. The van der Waals surface area contributed by atoms with E-state index in [1.165, 1.54) is 33.8 Å². The molecule has 1 aromatic carbocycles. The molecule has 6 aliphatic carbocycles. The Morgan fingerprint density at radius 1 is 0.705 bits per heavy atom. The normalized spacial score (nSPS) is 34.1. The van der Waals surface area contributed by atoms with Crippen LogP contribution in [0.25, 0.3) is 5.57 Å². The van der Waals surface area contributed by atoms with Gasteiger partial charge in [-0.2, -0.15) is 0 Å². The van der Waals surface area contributed by atoms with Gasteiger partial charge in [-0.05, 0) is 78.7 Å². The summed E-state index contributed by atoms with van der Waals surface area (Å²) < 4.78 is 0. The lowest BCUT2D eigenvalue weighted by atomic mass is 9.76. The topological polar surface area (TPSA) is 6.48 Å². The first kappa shape index (κ1) is 26.1. The molecule has 2 aliphatic heterocycles. The second-order valence-electron chi connectivity index (χ2n) is 13.4. The molecule has 2 heterocycles. The van der Waals surface area contributed by atoms with Crippen molar-refractivity contribution in [3.8, 4) is 0 Å². The Hall–Kier alpha value is -4.30. The molecule has 0 spiro atoms. The minimum atomic E-state index is 0.344. The molecule has 1 aromatic rings. The quantitative estimate of drug-likeness (QED) is 0.355. The van der Waals surface area contributed by atoms with Gasteiger partial charge in [0, 0.05) is 40.8 Å². The van der Waals surface area contributed by atoms with Crippen molar-refractivity contribution in [2.75, 3.05) is 4.90 Å². The van der Waals surface area contributed by atoms with Crippen LogP contribution in [0.1, 0.15) is 37.7 Å². The van der Waals surface area contributed by atoms with Crippen LogP contribution in [0, 0.1) is 23.7 Å². The molecule has 9 rings (SSSR count). The second kappa shape index (κ2) is 10.7. The molecule has 44 heavy (non-hydrogen) atoms. The van der Waals surface area contributed by atoms with Gasteiger partial charge < -0.3 is 9.80 Å². The predicted molar refractivity (Wildman–Crippen MR) is 183 cm³/mol. The van der Waals surface area contributed by atoms with Crippen LogP contribution in [0.4, 0.5) is 5.69 Å². The van der Waals surface area contributed by atoms with Crippen LogP contribution < -0.4 is 4.90 Å². The first-order chi connectivity index (χ1) is 21.8. The third-order valence-electron chi connectivity index (χ3n) is 11.0. The van der Waals surface area contributed by atoms with Gasteiger partial charge in [-0.3, -0.25) is 0 Å². The van der Waals surface area contributed by atoms with Gasteiger partial charge in [0.05, 0.1) is 18.1 Å². The van der Waals surface area contributed by atoms with E-state index in [4.69, 9.17) is 0 Å². The fourth-order valence-corrected chi connectivity index (χ4v) is 8.99. The highest BCUT2D eigenvalue weighted by Crippen LogP contribution is 2.50. The number of benzene rings is 1. The maximum atomic E-state index is 2.72. The van der Waals surface area contributed by atoms with Crippen LogP contribution in [0.5, 0.6) is 0 Å². The molecule has 2 nitrogen and oxygen atoms in total. The molecular weight excluding hydrogens is 532 g/mol. The molecule has 2 heteroatoms. The third-order valence-corrected chi connectivity index (χ3v) is 11.0. The van der Waals surface area contributed by atoms with Crippen LogP contribution in [0.15, 0.2) is 162 Å². The Morgan fingerprint density at radius 3 is 2.48 bits per heavy atom. The number of hydrogen-bond acceptors (Lipinski definition) is 2. The molecule has 0 N–H and O–H groups in total. The van der Waals surface area contributed by atoms with Crippen molar-refractivity contribution >= 4 is 11.3 Å². The highest BCUT2D eigenvalue weighted by molar-refractivity contribution is 5.77. The van der Waals surface area contributed by atoms with Crippen molar-refractivity contribution in [3.05, 3.63) is 168 Å². The van der Waals surface area contributed by atoms with Gasteiger partial charge >= 0.3 is 0 Å². The Labute approximate surface area is 262 Å². The van der Waals surface area contributed by atoms with E-state index in [0.717, 1.165) is 32.1 Å². The Kier molecular flexibility index (Phi) is 6.35. The highest BCUT2D eigenvalue weighted by atomic mass is 15.2. The lowest BCUT2D eigenvalue weighted by Gasteiger charge is -2.34. The van der Waals surface area contributed by atoms with Gasteiger partial charge in [-0.1, -0.05) is 115 Å². The van der Waals surface area contributed by atoms with Crippen molar-refractivity contribution in [2.24, 2.45) is 23.7 Å². The van der Waals surface area contributed by atoms with Crippen LogP contribution in [0.2, 0.25) is 0 Å². The van der Waals surface area contributed by atoms with Crippen molar-refractivity contribution < 1.29 is 0 Å². The molecular formula is C42H40N2. The predicted octanol–water partition coefficient (Wildman–Crippen LogP) is 9.32. The first-order valence-corrected chi connectivity index (χ1v) is 16.7. The summed E-state index contributed by atoms with van der Waals surface area (Å²) in [6, 6.07) is 10.4. The van der Waals surface area contributed by atoms with Crippen molar-refractivity contribution in [3.63, 3.8) is 0 Å². The molecule has 0 amide bonds. The zero-order valence-corrected chi connectivity index (χ0v) is 25.3. The summed E-state index contributed by atoms with van der Waals surface area (Å²) in [5.74, 6) is 1.84. The Morgan fingerprint density at radius 2 is 1.59 bits per heavy atom. The molecule has 0 aromatic heterocycles. The Bertz CT molecular complexity index is 1740. The average molecular weight is 573 g/mol. The van der Waals surface area contributed by atoms with E-state index in [2.05, 4.69) is 150 Å². The standard InChI is InChI=1S/C42H40N2/c1-3-12-29(13-4-1)30-14-11-17-34(26-30)44-39-20-9-7-18-35(39)37-24-22-32(28-42(37)44)31-23-25-41-38(27-31)36-19-8-10-21-40(36)43(41)33-15-5-2-6-16-33/h2-3,5,7-15,17-26,28,31,35-37,39-40,42H,1,4,6,16,27H2. The molecule has 8 aliphatic rings. The number of hydrogen-bond donors (Lipinski definition) is 0. The highest BCUT2D eigenvalue weighted by Gasteiger charge is 2.47. The van der Waals surface area contributed by atoms with E-state index in [1.807, 2.05) is 0 Å². The molecule has 0 radical (unpaired) electrons. The summed E-state index contributed by atoms with van der Waals surface area (Å²) in [6.07, 6.45) is 50.9. The maximum absolute atomic E-state index is 2.72. The molecule has 0 bridgehead atoms. The van der Waals surface area contributed by atoms with E-state index in [-0.39, 0.29) is 0 Å². The SMILES string of the molecule is C1=CCCC(N2C3=C(CC(C4=CC5C(C=C4)C4C=CC=CC4N5c4cccc(C5=CCCC=C5)c4)C=C3)C3C=CC=CC32)=C1. The van der Waals surface area contributed by atoms with Gasteiger partial charge in [0.25, 0.3) is 0 Å². The summed E-state index contributed by atoms with van der Waals surface area (Å²) in [5.41, 5.74) is 10.0. The number of rotatable bonds is 4. The fraction of sp³-hybridized carbons (Fsp3) is 0.286. The van der Waals surface area contributed by atoms with Gasteiger partial charge in [-0.15, -0.1) is 0 Å². The number of anilines is 1. The third kappa shape index (κ3) is 4.22. The first-order valence-electron chi connectivity index (χ1n) is 16.7. The van der Waals surface area contributed by atoms with Gasteiger partial charge in [0.2, 0.25) is 0 Å². The summed E-state index contributed by atoms with van der Waals surface area (Å²) in [4.78, 5) is 5.36. The number of fused-ring (bicyclic) bond motifs is 5. The van der Waals surface area contributed by atoms with Crippen molar-refractivity contribution in [2.45, 2.75) is 50.2 Å². The molecule has 7 atom stereocenters.